The average Bonchev–Trinajstić information content (AvgIpc) is 3.36. The minimum absolute atomic E-state index is 0.118. The Bertz CT molecular complexity index is 1420. The summed E-state index contributed by atoms with van der Waals surface area (Å²) < 4.78 is 29.6. The van der Waals surface area contributed by atoms with Gasteiger partial charge in [-0.15, -0.1) is 11.3 Å². The molecule has 0 radical (unpaired) electrons. The molecule has 0 amide bonds. The number of halogens is 2. The summed E-state index contributed by atoms with van der Waals surface area (Å²) in [6.45, 7) is 0. The van der Waals surface area contributed by atoms with Crippen molar-refractivity contribution in [2.24, 2.45) is 0 Å². The number of benzene rings is 2. The molecule has 29 heavy (non-hydrogen) atoms. The number of nitrogen functional groups attached to an aromatic ring is 1. The van der Waals surface area contributed by atoms with Crippen molar-refractivity contribution >= 4 is 44.1 Å². The van der Waals surface area contributed by atoms with Gasteiger partial charge in [0, 0.05) is 28.9 Å². The number of anilines is 1. The van der Waals surface area contributed by atoms with Gasteiger partial charge in [-0.2, -0.15) is 0 Å². The summed E-state index contributed by atoms with van der Waals surface area (Å²) in [5.74, 6) is -2.83. The number of nitrogens with zero attached hydrogens (tertiary/aromatic N) is 2. The van der Waals surface area contributed by atoms with Crippen LogP contribution in [-0.2, 0) is 0 Å². The van der Waals surface area contributed by atoms with Crippen LogP contribution in [0.3, 0.4) is 0 Å². The van der Waals surface area contributed by atoms with Crippen LogP contribution in [0.1, 0.15) is 15.9 Å². The highest BCUT2D eigenvalue weighted by Gasteiger charge is 2.24. The molecular formula is C21H12F2N4OS. The van der Waals surface area contributed by atoms with Crippen molar-refractivity contribution in [3.8, 4) is 11.1 Å². The molecule has 3 aromatic heterocycles. The number of hydrogen-bond donors (Lipinski definition) is 2. The van der Waals surface area contributed by atoms with Crippen LogP contribution in [0.5, 0.6) is 0 Å². The van der Waals surface area contributed by atoms with E-state index >= 15 is 0 Å². The van der Waals surface area contributed by atoms with Gasteiger partial charge < -0.3 is 10.7 Å². The normalized spacial score (nSPS) is 11.4. The van der Waals surface area contributed by atoms with E-state index in [0.717, 1.165) is 33.5 Å². The molecule has 0 aliphatic rings. The second-order valence-corrected chi connectivity index (χ2v) is 7.40. The molecule has 0 fully saturated rings. The van der Waals surface area contributed by atoms with E-state index in [1.54, 1.807) is 29.1 Å². The summed E-state index contributed by atoms with van der Waals surface area (Å²) in [7, 11) is 0. The first-order valence-electron chi connectivity index (χ1n) is 8.62. The first-order chi connectivity index (χ1) is 14.0. The zero-order valence-corrected chi connectivity index (χ0v) is 15.6. The third-order valence-corrected chi connectivity index (χ3v) is 5.60. The number of fused-ring (bicyclic) bond motifs is 2. The summed E-state index contributed by atoms with van der Waals surface area (Å²) in [6.07, 6.45) is 3.07. The number of ketones is 1. The fourth-order valence-corrected chi connectivity index (χ4v) is 3.96. The van der Waals surface area contributed by atoms with Crippen molar-refractivity contribution in [3.63, 3.8) is 0 Å². The largest absolute Gasteiger partial charge is 0.396 e. The van der Waals surface area contributed by atoms with E-state index in [-0.39, 0.29) is 11.3 Å². The molecule has 5 aromatic rings. The number of aromatic nitrogens is 3. The maximum Gasteiger partial charge on any atom is 0.201 e. The highest BCUT2D eigenvalue weighted by Crippen LogP contribution is 2.30. The maximum atomic E-state index is 14.3. The van der Waals surface area contributed by atoms with Crippen LogP contribution in [0.4, 0.5) is 14.5 Å². The maximum absolute atomic E-state index is 14.3. The number of carbonyl (C=O) groups is 1. The van der Waals surface area contributed by atoms with Crippen LogP contribution >= 0.6 is 11.3 Å². The first-order valence-corrected chi connectivity index (χ1v) is 9.50. The van der Waals surface area contributed by atoms with Gasteiger partial charge in [0.05, 0.1) is 27.0 Å². The van der Waals surface area contributed by atoms with Gasteiger partial charge in [-0.25, -0.2) is 18.7 Å². The predicted octanol–water partition coefficient (Wildman–Crippen LogP) is 4.93. The molecule has 0 saturated carbocycles. The molecule has 142 valence electrons. The first kappa shape index (κ1) is 17.4. The van der Waals surface area contributed by atoms with Crippen LogP contribution in [0.2, 0.25) is 0 Å². The Morgan fingerprint density at radius 1 is 1.07 bits per heavy atom. The van der Waals surface area contributed by atoms with Gasteiger partial charge in [-0.1, -0.05) is 6.07 Å². The minimum Gasteiger partial charge on any atom is -0.396 e. The van der Waals surface area contributed by atoms with Gasteiger partial charge in [0.2, 0.25) is 5.78 Å². The summed E-state index contributed by atoms with van der Waals surface area (Å²) in [6, 6.07) is 9.67. The molecular weight excluding hydrogens is 394 g/mol. The van der Waals surface area contributed by atoms with Gasteiger partial charge in [-0.05, 0) is 35.9 Å². The second-order valence-electron chi connectivity index (χ2n) is 6.51. The van der Waals surface area contributed by atoms with Crippen LogP contribution < -0.4 is 5.73 Å². The summed E-state index contributed by atoms with van der Waals surface area (Å²) in [4.78, 5) is 24.4. The number of pyridine rings is 1. The molecule has 8 heteroatoms. The van der Waals surface area contributed by atoms with Crippen molar-refractivity contribution in [1.82, 2.24) is 15.0 Å². The van der Waals surface area contributed by atoms with Crippen LogP contribution in [0.15, 0.2) is 54.3 Å². The zero-order valence-electron chi connectivity index (χ0n) is 14.7. The minimum atomic E-state index is -1.07. The van der Waals surface area contributed by atoms with E-state index in [0.29, 0.717) is 11.0 Å². The number of thiazole rings is 1. The highest BCUT2D eigenvalue weighted by molar-refractivity contribution is 7.16. The number of hydrogen-bond acceptors (Lipinski definition) is 5. The number of nitrogens with two attached hydrogens (primary N) is 1. The third-order valence-electron chi connectivity index (χ3n) is 4.79. The van der Waals surface area contributed by atoms with Crippen molar-refractivity contribution in [2.75, 3.05) is 5.73 Å². The lowest BCUT2D eigenvalue weighted by molar-refractivity contribution is 0.103. The monoisotopic (exact) mass is 406 g/mol. The van der Waals surface area contributed by atoms with E-state index < -0.39 is 23.0 Å². The Morgan fingerprint density at radius 2 is 1.93 bits per heavy atom. The predicted molar refractivity (Wildman–Crippen MR) is 109 cm³/mol. The molecule has 0 atom stereocenters. The van der Waals surface area contributed by atoms with Gasteiger partial charge in [-0.3, -0.25) is 4.79 Å². The smallest absolute Gasteiger partial charge is 0.201 e. The van der Waals surface area contributed by atoms with Crippen molar-refractivity contribution in [3.05, 3.63) is 77.1 Å². The number of H-pyrrole nitrogens is 1. The van der Waals surface area contributed by atoms with Crippen LogP contribution in [0.25, 0.3) is 32.4 Å². The lowest BCUT2D eigenvalue weighted by Crippen LogP contribution is -2.09. The molecule has 3 N–H and O–H groups in total. The molecule has 5 nitrogen and oxygen atoms in total. The molecule has 0 saturated heterocycles. The number of aromatic amines is 1. The standard InChI is InChI=1S/C21H12F2N4OS/c22-14-2-3-15(24)19(23)18(14)20(28)13-8-26-21-12(13)5-11(7-25-21)10-1-4-17-16(6-10)27-9-29-17/h1-9H,24H2,(H,25,26). The topological polar surface area (TPSA) is 84.7 Å². The molecule has 0 spiro atoms. The summed E-state index contributed by atoms with van der Waals surface area (Å²) >= 11 is 1.55. The van der Waals surface area contributed by atoms with Crippen LogP contribution in [-0.4, -0.2) is 20.7 Å². The van der Waals surface area contributed by atoms with E-state index in [1.807, 2.05) is 18.2 Å². The number of carbonyl (C=O) groups excluding carboxylic acids is 1. The summed E-state index contributed by atoms with van der Waals surface area (Å²) in [5.41, 5.74) is 9.37. The van der Waals surface area contributed by atoms with Gasteiger partial charge >= 0.3 is 0 Å². The fourth-order valence-electron chi connectivity index (χ4n) is 3.30. The van der Waals surface area contributed by atoms with Gasteiger partial charge in [0.15, 0.2) is 5.82 Å². The van der Waals surface area contributed by atoms with E-state index in [2.05, 4.69) is 15.0 Å². The number of nitrogens with one attached hydrogen (secondary N) is 1. The molecule has 5 rings (SSSR count). The average molecular weight is 406 g/mol. The fraction of sp³-hybridized carbons (Fsp3) is 0. The highest BCUT2D eigenvalue weighted by atomic mass is 32.1. The lowest BCUT2D eigenvalue weighted by Gasteiger charge is -2.06. The Morgan fingerprint density at radius 3 is 2.79 bits per heavy atom. The Balaban J connectivity index is 1.65. The quantitative estimate of drug-likeness (QED) is 0.329. The van der Waals surface area contributed by atoms with Crippen molar-refractivity contribution in [2.45, 2.75) is 0 Å². The van der Waals surface area contributed by atoms with E-state index in [1.165, 1.54) is 6.20 Å². The van der Waals surface area contributed by atoms with Gasteiger partial charge in [0.25, 0.3) is 0 Å². The molecule has 0 bridgehead atoms. The second kappa shape index (κ2) is 6.46. The third kappa shape index (κ3) is 2.76. The van der Waals surface area contributed by atoms with E-state index in [9.17, 15) is 13.6 Å². The van der Waals surface area contributed by atoms with Gasteiger partial charge in [0.1, 0.15) is 11.5 Å². The Kier molecular flexibility index (Phi) is 3.88. The summed E-state index contributed by atoms with van der Waals surface area (Å²) in [5, 5.41) is 0.465. The number of rotatable bonds is 3. The SMILES string of the molecule is Nc1ccc(F)c(C(=O)c2c[nH]c3ncc(-c4ccc5scnc5c4)cc23)c1F. The Hall–Kier alpha value is -3.65. The molecule has 0 aliphatic heterocycles. The van der Waals surface area contributed by atoms with E-state index in [4.69, 9.17) is 5.73 Å². The zero-order chi connectivity index (χ0) is 20.1. The molecule has 3 heterocycles. The molecule has 0 aliphatic carbocycles. The Labute approximate surface area is 166 Å². The molecule has 2 aromatic carbocycles. The van der Waals surface area contributed by atoms with Crippen molar-refractivity contribution < 1.29 is 13.6 Å². The van der Waals surface area contributed by atoms with Crippen LogP contribution in [0, 0.1) is 11.6 Å². The molecule has 0 unspecified atom stereocenters. The van der Waals surface area contributed by atoms with Crippen molar-refractivity contribution in [1.29, 1.82) is 0 Å². The lowest BCUT2D eigenvalue weighted by atomic mass is 10.00.